The Bertz CT molecular complexity index is 510. The minimum absolute atomic E-state index is 0. The van der Waals surface area contributed by atoms with Crippen LogP contribution in [-0.2, 0) is 4.79 Å². The standard InChI is InChI=1S/C15H20FN3O2.ClH/c1-11-10-17-8-9-19(11)14(20)6-7-18-15(21)12-2-4-13(16)5-3-12;/h2-5,11,17H,6-10H2,1H3,(H,18,21);1H/t11-;/m1./s1. The van der Waals surface area contributed by atoms with E-state index in [0.29, 0.717) is 12.1 Å². The van der Waals surface area contributed by atoms with Gasteiger partial charge in [0.2, 0.25) is 5.91 Å². The van der Waals surface area contributed by atoms with Crippen LogP contribution in [-0.4, -0.2) is 48.9 Å². The predicted molar refractivity (Wildman–Crippen MR) is 84.6 cm³/mol. The molecule has 2 rings (SSSR count). The number of amides is 2. The van der Waals surface area contributed by atoms with Crippen molar-refractivity contribution in [1.82, 2.24) is 15.5 Å². The van der Waals surface area contributed by atoms with E-state index in [0.717, 1.165) is 13.1 Å². The van der Waals surface area contributed by atoms with Gasteiger partial charge in [0.15, 0.2) is 0 Å². The van der Waals surface area contributed by atoms with E-state index in [2.05, 4.69) is 10.6 Å². The second-order valence-electron chi connectivity index (χ2n) is 5.15. The number of halogens is 2. The molecule has 0 bridgehead atoms. The molecule has 2 amide bonds. The molecule has 2 N–H and O–H groups in total. The number of nitrogens with zero attached hydrogens (tertiary/aromatic N) is 1. The smallest absolute Gasteiger partial charge is 0.251 e. The fourth-order valence-electron chi connectivity index (χ4n) is 2.34. The van der Waals surface area contributed by atoms with Crippen molar-refractivity contribution in [1.29, 1.82) is 0 Å². The molecule has 0 radical (unpaired) electrons. The number of piperazine rings is 1. The third-order valence-electron chi connectivity index (χ3n) is 3.55. The van der Waals surface area contributed by atoms with E-state index < -0.39 is 0 Å². The van der Waals surface area contributed by atoms with Gasteiger partial charge in [-0.3, -0.25) is 9.59 Å². The summed E-state index contributed by atoms with van der Waals surface area (Å²) in [5, 5.41) is 5.90. The van der Waals surface area contributed by atoms with Crippen LogP contribution in [0.25, 0.3) is 0 Å². The van der Waals surface area contributed by atoms with Gasteiger partial charge in [0.25, 0.3) is 5.91 Å². The van der Waals surface area contributed by atoms with E-state index in [-0.39, 0.29) is 49.0 Å². The fourth-order valence-corrected chi connectivity index (χ4v) is 2.34. The van der Waals surface area contributed by atoms with Crippen molar-refractivity contribution < 1.29 is 14.0 Å². The van der Waals surface area contributed by atoms with Crippen molar-refractivity contribution in [3.8, 4) is 0 Å². The van der Waals surface area contributed by atoms with Crippen LogP contribution in [0, 0.1) is 5.82 Å². The summed E-state index contributed by atoms with van der Waals surface area (Å²) in [7, 11) is 0. The SMILES string of the molecule is C[C@@H]1CNCCN1C(=O)CCNC(=O)c1ccc(F)cc1.Cl. The van der Waals surface area contributed by atoms with Crippen molar-refractivity contribution in [3.05, 3.63) is 35.6 Å². The Morgan fingerprint density at radius 1 is 1.36 bits per heavy atom. The van der Waals surface area contributed by atoms with Crippen molar-refractivity contribution in [2.24, 2.45) is 0 Å². The lowest BCUT2D eigenvalue weighted by atomic mass is 10.2. The average Bonchev–Trinajstić information content (AvgIpc) is 2.48. The van der Waals surface area contributed by atoms with Gasteiger partial charge in [-0.15, -0.1) is 12.4 Å². The Morgan fingerprint density at radius 3 is 2.68 bits per heavy atom. The molecule has 22 heavy (non-hydrogen) atoms. The maximum atomic E-state index is 12.8. The van der Waals surface area contributed by atoms with E-state index in [1.165, 1.54) is 24.3 Å². The molecule has 0 aliphatic carbocycles. The minimum Gasteiger partial charge on any atom is -0.352 e. The molecule has 0 unspecified atom stereocenters. The molecule has 1 fully saturated rings. The number of hydrogen-bond acceptors (Lipinski definition) is 3. The lowest BCUT2D eigenvalue weighted by Crippen LogP contribution is -2.52. The van der Waals surface area contributed by atoms with Gasteiger partial charge in [0, 0.05) is 44.2 Å². The highest BCUT2D eigenvalue weighted by Gasteiger charge is 2.22. The molecule has 1 heterocycles. The summed E-state index contributed by atoms with van der Waals surface area (Å²) in [5.41, 5.74) is 0.388. The predicted octanol–water partition coefficient (Wildman–Crippen LogP) is 1.19. The second-order valence-corrected chi connectivity index (χ2v) is 5.15. The molecule has 5 nitrogen and oxygen atoms in total. The first kappa shape index (κ1) is 18.4. The quantitative estimate of drug-likeness (QED) is 0.872. The van der Waals surface area contributed by atoms with Gasteiger partial charge in [0.1, 0.15) is 5.82 Å². The zero-order chi connectivity index (χ0) is 15.2. The second kappa shape index (κ2) is 8.70. The van der Waals surface area contributed by atoms with Gasteiger partial charge in [-0.25, -0.2) is 4.39 Å². The maximum Gasteiger partial charge on any atom is 0.251 e. The van der Waals surface area contributed by atoms with E-state index in [9.17, 15) is 14.0 Å². The van der Waals surface area contributed by atoms with Crippen LogP contribution in [0.15, 0.2) is 24.3 Å². The fraction of sp³-hybridized carbons (Fsp3) is 0.467. The molecular formula is C15H21ClFN3O2. The van der Waals surface area contributed by atoms with Crippen LogP contribution in [0.3, 0.4) is 0 Å². The molecule has 0 spiro atoms. The Labute approximate surface area is 135 Å². The normalized spacial score (nSPS) is 17.5. The minimum atomic E-state index is -0.380. The number of nitrogens with one attached hydrogen (secondary N) is 2. The Morgan fingerprint density at radius 2 is 2.05 bits per heavy atom. The molecule has 1 atom stereocenters. The van der Waals surface area contributed by atoms with Crippen LogP contribution in [0.1, 0.15) is 23.7 Å². The molecular weight excluding hydrogens is 309 g/mol. The summed E-state index contributed by atoms with van der Waals surface area (Å²) in [5.74, 6) is -0.631. The molecule has 1 aliphatic rings. The molecule has 1 aliphatic heterocycles. The van der Waals surface area contributed by atoms with Gasteiger partial charge < -0.3 is 15.5 Å². The lowest BCUT2D eigenvalue weighted by molar-refractivity contribution is -0.133. The summed E-state index contributed by atoms with van der Waals surface area (Å²) in [6, 6.07) is 5.50. The summed E-state index contributed by atoms with van der Waals surface area (Å²) >= 11 is 0. The van der Waals surface area contributed by atoms with Crippen LogP contribution >= 0.6 is 12.4 Å². The Hall–Kier alpha value is -1.66. The Balaban J connectivity index is 0.00000242. The number of benzene rings is 1. The Kier molecular flexibility index (Phi) is 7.27. The van der Waals surface area contributed by atoms with Crippen LogP contribution < -0.4 is 10.6 Å². The van der Waals surface area contributed by atoms with Gasteiger partial charge >= 0.3 is 0 Å². The molecule has 1 aromatic rings. The maximum absolute atomic E-state index is 12.8. The first-order chi connectivity index (χ1) is 10.1. The van der Waals surface area contributed by atoms with Crippen molar-refractivity contribution in [3.63, 3.8) is 0 Å². The third-order valence-corrected chi connectivity index (χ3v) is 3.55. The first-order valence-electron chi connectivity index (χ1n) is 7.12. The summed E-state index contributed by atoms with van der Waals surface area (Å²) in [6.07, 6.45) is 0.275. The number of hydrogen-bond donors (Lipinski definition) is 2. The van der Waals surface area contributed by atoms with Gasteiger partial charge in [-0.05, 0) is 31.2 Å². The molecule has 1 saturated heterocycles. The zero-order valence-electron chi connectivity index (χ0n) is 12.5. The zero-order valence-corrected chi connectivity index (χ0v) is 13.3. The van der Waals surface area contributed by atoms with E-state index in [4.69, 9.17) is 0 Å². The van der Waals surface area contributed by atoms with Crippen molar-refractivity contribution in [2.45, 2.75) is 19.4 Å². The third kappa shape index (κ3) is 4.96. The summed E-state index contributed by atoms with van der Waals surface area (Å²) in [6.45, 7) is 4.59. The van der Waals surface area contributed by atoms with Crippen molar-refractivity contribution >= 4 is 24.2 Å². The largest absolute Gasteiger partial charge is 0.352 e. The van der Waals surface area contributed by atoms with Crippen molar-refractivity contribution in [2.75, 3.05) is 26.2 Å². The summed E-state index contributed by atoms with van der Waals surface area (Å²) < 4.78 is 12.8. The molecule has 0 aromatic heterocycles. The monoisotopic (exact) mass is 329 g/mol. The van der Waals surface area contributed by atoms with E-state index in [1.807, 2.05) is 11.8 Å². The highest BCUT2D eigenvalue weighted by atomic mass is 35.5. The molecule has 122 valence electrons. The number of carbonyl (C=O) groups excluding carboxylic acids is 2. The van der Waals surface area contributed by atoms with Gasteiger partial charge in [-0.2, -0.15) is 0 Å². The van der Waals surface area contributed by atoms with Crippen LogP contribution in [0.4, 0.5) is 4.39 Å². The van der Waals surface area contributed by atoms with Crippen LogP contribution in [0.5, 0.6) is 0 Å². The molecule has 0 saturated carbocycles. The molecule has 1 aromatic carbocycles. The number of rotatable bonds is 4. The topological polar surface area (TPSA) is 61.4 Å². The van der Waals surface area contributed by atoms with E-state index >= 15 is 0 Å². The lowest BCUT2D eigenvalue weighted by Gasteiger charge is -2.34. The van der Waals surface area contributed by atoms with Gasteiger partial charge in [-0.1, -0.05) is 0 Å². The van der Waals surface area contributed by atoms with E-state index in [1.54, 1.807) is 0 Å². The highest BCUT2D eigenvalue weighted by molar-refractivity contribution is 5.94. The first-order valence-corrected chi connectivity index (χ1v) is 7.12. The molecule has 7 heteroatoms. The van der Waals surface area contributed by atoms with Crippen LogP contribution in [0.2, 0.25) is 0 Å². The highest BCUT2D eigenvalue weighted by Crippen LogP contribution is 2.05. The average molecular weight is 330 g/mol. The summed E-state index contributed by atoms with van der Waals surface area (Å²) in [4.78, 5) is 25.7. The van der Waals surface area contributed by atoms with Gasteiger partial charge in [0.05, 0.1) is 0 Å². The number of carbonyl (C=O) groups is 2.